The molecule has 1 fully saturated rings. The van der Waals surface area contributed by atoms with Gasteiger partial charge in [0.25, 0.3) is 0 Å². The molecule has 20 heavy (non-hydrogen) atoms. The number of rotatable bonds is 3. The molecule has 0 aromatic carbocycles. The fourth-order valence-corrected chi connectivity index (χ4v) is 2.99. The van der Waals surface area contributed by atoms with Crippen LogP contribution in [0.4, 0.5) is 5.69 Å². The summed E-state index contributed by atoms with van der Waals surface area (Å²) in [4.78, 5) is 20.6. The van der Waals surface area contributed by atoms with E-state index in [1.807, 2.05) is 29.4 Å². The van der Waals surface area contributed by atoms with Crippen molar-refractivity contribution in [3.05, 3.63) is 36.7 Å². The van der Waals surface area contributed by atoms with Crippen LogP contribution in [-0.2, 0) is 4.79 Å². The molecular weight excluding hydrogens is 250 g/mol. The second-order valence-electron chi connectivity index (χ2n) is 5.54. The number of amides is 1. The molecule has 4 nitrogen and oxygen atoms in total. The largest absolute Gasteiger partial charge is 0.368 e. The number of carbonyl (C=O) groups is 1. The normalized spacial score (nSPS) is 22.3. The lowest BCUT2D eigenvalue weighted by Gasteiger charge is -2.36. The Labute approximate surface area is 120 Å². The van der Waals surface area contributed by atoms with Crippen molar-refractivity contribution in [2.75, 3.05) is 31.1 Å². The first-order valence-electron chi connectivity index (χ1n) is 7.42. The summed E-state index contributed by atoms with van der Waals surface area (Å²) in [7, 11) is 0. The molecule has 1 aromatic rings. The number of nitrogens with zero attached hydrogens (tertiary/aromatic N) is 3. The second-order valence-corrected chi connectivity index (χ2v) is 5.54. The first-order valence-corrected chi connectivity index (χ1v) is 7.42. The predicted octanol–water partition coefficient (Wildman–Crippen LogP) is 2.09. The van der Waals surface area contributed by atoms with Crippen molar-refractivity contribution >= 4 is 11.6 Å². The van der Waals surface area contributed by atoms with E-state index in [1.165, 1.54) is 5.69 Å². The van der Waals surface area contributed by atoms with Gasteiger partial charge in [0, 0.05) is 50.7 Å². The van der Waals surface area contributed by atoms with Crippen molar-refractivity contribution in [1.82, 2.24) is 9.88 Å². The summed E-state index contributed by atoms with van der Waals surface area (Å²) in [6, 6.07) is 4.06. The van der Waals surface area contributed by atoms with Crippen molar-refractivity contribution in [3.8, 4) is 0 Å². The number of piperazine rings is 1. The van der Waals surface area contributed by atoms with Crippen LogP contribution in [0.2, 0.25) is 0 Å². The standard InChI is InChI=1S/C16H21N3O/c20-16(13-14-3-1-2-4-14)19-11-9-18(10-12-19)15-5-7-17-8-6-15/h1,3,5-8,14H,2,4,9-13H2. The molecule has 0 saturated carbocycles. The van der Waals surface area contributed by atoms with E-state index in [2.05, 4.69) is 22.0 Å². The van der Waals surface area contributed by atoms with Gasteiger partial charge in [-0.3, -0.25) is 9.78 Å². The lowest BCUT2D eigenvalue weighted by Crippen LogP contribution is -2.49. The van der Waals surface area contributed by atoms with Gasteiger partial charge in [0.1, 0.15) is 0 Å². The van der Waals surface area contributed by atoms with E-state index < -0.39 is 0 Å². The van der Waals surface area contributed by atoms with E-state index in [1.54, 1.807) is 0 Å². The topological polar surface area (TPSA) is 36.4 Å². The van der Waals surface area contributed by atoms with Gasteiger partial charge in [-0.05, 0) is 30.9 Å². The fourth-order valence-electron chi connectivity index (χ4n) is 2.99. The maximum absolute atomic E-state index is 12.3. The van der Waals surface area contributed by atoms with E-state index in [4.69, 9.17) is 0 Å². The van der Waals surface area contributed by atoms with Gasteiger partial charge in [0.05, 0.1) is 0 Å². The van der Waals surface area contributed by atoms with Crippen LogP contribution in [0.1, 0.15) is 19.3 Å². The van der Waals surface area contributed by atoms with Gasteiger partial charge in [-0.15, -0.1) is 0 Å². The van der Waals surface area contributed by atoms with Gasteiger partial charge in [-0.2, -0.15) is 0 Å². The Balaban J connectivity index is 1.50. The zero-order chi connectivity index (χ0) is 13.8. The van der Waals surface area contributed by atoms with Gasteiger partial charge in [-0.25, -0.2) is 0 Å². The van der Waals surface area contributed by atoms with Gasteiger partial charge in [0.2, 0.25) is 5.91 Å². The molecule has 106 valence electrons. The number of hydrogen-bond acceptors (Lipinski definition) is 3. The lowest BCUT2D eigenvalue weighted by molar-refractivity contribution is -0.132. The van der Waals surface area contributed by atoms with Crippen molar-refractivity contribution in [2.24, 2.45) is 5.92 Å². The molecule has 1 aromatic heterocycles. The van der Waals surface area contributed by atoms with Crippen LogP contribution in [0, 0.1) is 5.92 Å². The molecule has 2 aliphatic rings. The SMILES string of the molecule is O=C(CC1C=CCC1)N1CCN(c2ccncc2)CC1. The second kappa shape index (κ2) is 6.07. The van der Waals surface area contributed by atoms with Gasteiger partial charge in [-0.1, -0.05) is 12.2 Å². The Morgan fingerprint density at radius 3 is 2.60 bits per heavy atom. The molecular formula is C16H21N3O. The molecule has 1 saturated heterocycles. The van der Waals surface area contributed by atoms with Crippen LogP contribution in [0.3, 0.4) is 0 Å². The zero-order valence-electron chi connectivity index (χ0n) is 11.7. The highest BCUT2D eigenvalue weighted by atomic mass is 16.2. The van der Waals surface area contributed by atoms with E-state index >= 15 is 0 Å². The van der Waals surface area contributed by atoms with E-state index in [-0.39, 0.29) is 0 Å². The van der Waals surface area contributed by atoms with Crippen LogP contribution in [0.25, 0.3) is 0 Å². The highest BCUT2D eigenvalue weighted by Crippen LogP contribution is 2.22. The minimum Gasteiger partial charge on any atom is -0.368 e. The highest BCUT2D eigenvalue weighted by molar-refractivity contribution is 5.77. The van der Waals surface area contributed by atoms with Crippen LogP contribution < -0.4 is 4.90 Å². The van der Waals surface area contributed by atoms with Crippen molar-refractivity contribution in [1.29, 1.82) is 0 Å². The molecule has 1 aliphatic heterocycles. The van der Waals surface area contributed by atoms with Crippen LogP contribution in [0.5, 0.6) is 0 Å². The molecule has 1 aliphatic carbocycles. The maximum atomic E-state index is 12.3. The van der Waals surface area contributed by atoms with E-state index in [9.17, 15) is 4.79 Å². The summed E-state index contributed by atoms with van der Waals surface area (Å²) < 4.78 is 0. The minimum absolute atomic E-state index is 0.316. The number of hydrogen-bond donors (Lipinski definition) is 0. The van der Waals surface area contributed by atoms with Gasteiger partial charge in [0.15, 0.2) is 0 Å². The van der Waals surface area contributed by atoms with E-state index in [0.717, 1.165) is 39.0 Å². The molecule has 0 bridgehead atoms. The molecule has 3 rings (SSSR count). The van der Waals surface area contributed by atoms with Crippen LogP contribution >= 0.6 is 0 Å². The molecule has 1 amide bonds. The minimum atomic E-state index is 0.316. The van der Waals surface area contributed by atoms with Crippen molar-refractivity contribution in [3.63, 3.8) is 0 Å². The third-order valence-electron chi connectivity index (χ3n) is 4.21. The Morgan fingerprint density at radius 2 is 1.95 bits per heavy atom. The first kappa shape index (κ1) is 13.2. The first-order chi connectivity index (χ1) is 9.83. The molecule has 4 heteroatoms. The number of pyridine rings is 1. The van der Waals surface area contributed by atoms with Crippen molar-refractivity contribution in [2.45, 2.75) is 19.3 Å². The number of allylic oxidation sites excluding steroid dienone is 2. The summed E-state index contributed by atoms with van der Waals surface area (Å²) in [5, 5.41) is 0. The predicted molar refractivity (Wildman–Crippen MR) is 79.5 cm³/mol. The number of anilines is 1. The quantitative estimate of drug-likeness (QED) is 0.790. The number of aromatic nitrogens is 1. The average molecular weight is 271 g/mol. The summed E-state index contributed by atoms with van der Waals surface area (Å²) >= 11 is 0. The van der Waals surface area contributed by atoms with E-state index in [0.29, 0.717) is 18.2 Å². The molecule has 0 radical (unpaired) electrons. The Bertz CT molecular complexity index is 478. The van der Waals surface area contributed by atoms with Gasteiger partial charge < -0.3 is 9.80 Å². The average Bonchev–Trinajstić information content (AvgIpc) is 3.01. The Morgan fingerprint density at radius 1 is 1.20 bits per heavy atom. The third-order valence-corrected chi connectivity index (χ3v) is 4.21. The summed E-state index contributed by atoms with van der Waals surface area (Å²) in [5.74, 6) is 0.789. The zero-order valence-corrected chi connectivity index (χ0v) is 11.7. The maximum Gasteiger partial charge on any atom is 0.223 e. The molecule has 0 spiro atoms. The van der Waals surface area contributed by atoms with Crippen molar-refractivity contribution < 1.29 is 4.79 Å². The lowest BCUT2D eigenvalue weighted by atomic mass is 10.0. The Kier molecular flexibility index (Phi) is 4.00. The summed E-state index contributed by atoms with van der Waals surface area (Å²) in [6.07, 6.45) is 11.0. The monoisotopic (exact) mass is 271 g/mol. The van der Waals surface area contributed by atoms with Crippen LogP contribution in [-0.4, -0.2) is 42.0 Å². The van der Waals surface area contributed by atoms with Gasteiger partial charge >= 0.3 is 0 Å². The number of carbonyl (C=O) groups excluding carboxylic acids is 1. The Hall–Kier alpha value is -1.84. The molecule has 0 N–H and O–H groups in total. The van der Waals surface area contributed by atoms with Crippen LogP contribution in [0.15, 0.2) is 36.7 Å². The third kappa shape index (κ3) is 3.00. The molecule has 1 unspecified atom stereocenters. The highest BCUT2D eigenvalue weighted by Gasteiger charge is 2.23. The molecule has 1 atom stereocenters. The smallest absolute Gasteiger partial charge is 0.223 e. The fraction of sp³-hybridized carbons (Fsp3) is 0.500. The summed E-state index contributed by atoms with van der Waals surface area (Å²) in [6.45, 7) is 3.49. The summed E-state index contributed by atoms with van der Waals surface area (Å²) in [5.41, 5.74) is 1.20. The molecule has 2 heterocycles.